The Balaban J connectivity index is 2.01. The van der Waals surface area contributed by atoms with Crippen LogP contribution in [0.2, 0.25) is 5.02 Å². The lowest BCUT2D eigenvalue weighted by molar-refractivity contribution is 1.19. The predicted octanol–water partition coefficient (Wildman–Crippen LogP) is 5.06. The number of halogens is 1. The van der Waals surface area contributed by atoms with Crippen LogP contribution < -0.4 is 5.32 Å². The number of imidazole rings is 1. The molecule has 0 radical (unpaired) electrons. The summed E-state index contributed by atoms with van der Waals surface area (Å²) in [5, 5.41) is 13.6. The van der Waals surface area contributed by atoms with Gasteiger partial charge in [0.1, 0.15) is 11.9 Å². The van der Waals surface area contributed by atoms with E-state index in [-0.39, 0.29) is 0 Å². The molecule has 2 heterocycles. The van der Waals surface area contributed by atoms with Crippen LogP contribution in [-0.2, 0) is 0 Å². The van der Waals surface area contributed by atoms with Crippen LogP contribution in [0.3, 0.4) is 0 Å². The maximum absolute atomic E-state index is 9.51. The molecule has 4 rings (SSSR count). The minimum absolute atomic E-state index is 0.591. The Morgan fingerprint density at radius 2 is 1.88 bits per heavy atom. The van der Waals surface area contributed by atoms with Crippen LogP contribution in [-0.4, -0.2) is 9.38 Å². The summed E-state index contributed by atoms with van der Waals surface area (Å²) in [5.74, 6) is 0.859. The first-order valence-electron chi connectivity index (χ1n) is 7.51. The first kappa shape index (κ1) is 14.6. The van der Waals surface area contributed by atoms with Gasteiger partial charge in [-0.3, -0.25) is 4.40 Å². The van der Waals surface area contributed by atoms with Gasteiger partial charge in [-0.1, -0.05) is 23.7 Å². The van der Waals surface area contributed by atoms with Gasteiger partial charge in [0.15, 0.2) is 5.65 Å². The highest BCUT2D eigenvalue weighted by molar-refractivity contribution is 6.30. The molecule has 0 saturated carbocycles. The fourth-order valence-electron chi connectivity index (χ4n) is 2.87. The second kappa shape index (κ2) is 5.55. The molecule has 1 N–H and O–H groups in total. The van der Waals surface area contributed by atoms with E-state index in [9.17, 15) is 5.26 Å². The van der Waals surface area contributed by atoms with Gasteiger partial charge in [-0.15, -0.1) is 0 Å². The highest BCUT2D eigenvalue weighted by Gasteiger charge is 2.15. The molecule has 0 atom stereocenters. The number of pyridine rings is 1. The Labute approximate surface area is 143 Å². The molecule has 5 heteroatoms. The molecule has 0 aliphatic carbocycles. The number of aromatic nitrogens is 2. The van der Waals surface area contributed by atoms with Crippen LogP contribution >= 0.6 is 11.6 Å². The molecule has 0 fully saturated rings. The standard InChI is InChI=1S/C19H13ClN4/c1-12-10-18(22-14-8-6-13(20)7-9-14)24-17-5-3-2-4-16(17)23-19(24)15(12)11-21/h2-10,22H,1H3. The van der Waals surface area contributed by atoms with Gasteiger partial charge in [0.25, 0.3) is 0 Å². The van der Waals surface area contributed by atoms with Gasteiger partial charge < -0.3 is 5.32 Å². The summed E-state index contributed by atoms with van der Waals surface area (Å²) >= 11 is 5.96. The number of para-hydroxylation sites is 2. The summed E-state index contributed by atoms with van der Waals surface area (Å²) in [4.78, 5) is 4.64. The van der Waals surface area contributed by atoms with Gasteiger partial charge >= 0.3 is 0 Å². The first-order valence-corrected chi connectivity index (χ1v) is 7.88. The van der Waals surface area contributed by atoms with Crippen LogP contribution in [0.4, 0.5) is 11.5 Å². The van der Waals surface area contributed by atoms with E-state index in [4.69, 9.17) is 11.6 Å². The molecule has 116 valence electrons. The molecule has 4 aromatic rings. The molecule has 0 aliphatic rings. The van der Waals surface area contributed by atoms with Crippen molar-refractivity contribution in [3.8, 4) is 6.07 Å². The number of benzene rings is 2. The third-order valence-electron chi connectivity index (χ3n) is 4.00. The highest BCUT2D eigenvalue weighted by Crippen LogP contribution is 2.28. The SMILES string of the molecule is Cc1cc(Nc2ccc(Cl)cc2)n2c(nc3ccccc32)c1C#N. The van der Waals surface area contributed by atoms with E-state index in [1.807, 2.05) is 65.9 Å². The number of anilines is 2. The summed E-state index contributed by atoms with van der Waals surface area (Å²) in [7, 11) is 0. The smallest absolute Gasteiger partial charge is 0.157 e. The van der Waals surface area contributed by atoms with Crippen molar-refractivity contribution in [2.75, 3.05) is 5.32 Å². The summed E-state index contributed by atoms with van der Waals surface area (Å²) in [6.07, 6.45) is 0. The molecule has 0 aliphatic heterocycles. The number of nitriles is 1. The lowest BCUT2D eigenvalue weighted by atomic mass is 10.1. The summed E-state index contributed by atoms with van der Waals surface area (Å²) in [6.45, 7) is 1.92. The number of rotatable bonds is 2. The largest absolute Gasteiger partial charge is 0.341 e. The van der Waals surface area contributed by atoms with E-state index in [0.29, 0.717) is 16.2 Å². The maximum Gasteiger partial charge on any atom is 0.157 e. The van der Waals surface area contributed by atoms with Crippen LogP contribution in [0.1, 0.15) is 11.1 Å². The first-order chi connectivity index (χ1) is 11.7. The molecule has 0 amide bonds. The Morgan fingerprint density at radius 1 is 1.12 bits per heavy atom. The van der Waals surface area contributed by atoms with E-state index in [2.05, 4.69) is 16.4 Å². The van der Waals surface area contributed by atoms with Crippen LogP contribution in [0.25, 0.3) is 16.7 Å². The number of aryl methyl sites for hydroxylation is 1. The second-order valence-electron chi connectivity index (χ2n) is 5.59. The molecule has 0 unspecified atom stereocenters. The third kappa shape index (κ3) is 2.27. The molecule has 24 heavy (non-hydrogen) atoms. The third-order valence-corrected chi connectivity index (χ3v) is 4.25. The number of hydrogen-bond acceptors (Lipinski definition) is 3. The van der Waals surface area contributed by atoms with Crippen molar-refractivity contribution >= 4 is 39.8 Å². The fourth-order valence-corrected chi connectivity index (χ4v) is 2.99. The van der Waals surface area contributed by atoms with Gasteiger partial charge in [0.2, 0.25) is 0 Å². The van der Waals surface area contributed by atoms with Crippen molar-refractivity contribution in [3.05, 3.63) is 70.7 Å². The molecular weight excluding hydrogens is 320 g/mol. The fraction of sp³-hybridized carbons (Fsp3) is 0.0526. The van der Waals surface area contributed by atoms with E-state index < -0.39 is 0 Å². The lowest BCUT2D eigenvalue weighted by Crippen LogP contribution is -2.01. The van der Waals surface area contributed by atoms with Crippen molar-refractivity contribution < 1.29 is 0 Å². The zero-order valence-electron chi connectivity index (χ0n) is 12.9. The summed E-state index contributed by atoms with van der Waals surface area (Å²) in [6, 6.07) is 19.6. The lowest BCUT2D eigenvalue weighted by Gasteiger charge is -2.12. The zero-order valence-corrected chi connectivity index (χ0v) is 13.7. The molecule has 4 nitrogen and oxygen atoms in total. The minimum Gasteiger partial charge on any atom is -0.341 e. The molecule has 0 spiro atoms. The summed E-state index contributed by atoms with van der Waals surface area (Å²) < 4.78 is 1.98. The Morgan fingerprint density at radius 3 is 2.62 bits per heavy atom. The van der Waals surface area contributed by atoms with E-state index >= 15 is 0 Å². The van der Waals surface area contributed by atoms with Gasteiger partial charge in [0, 0.05) is 10.7 Å². The van der Waals surface area contributed by atoms with Gasteiger partial charge in [-0.05, 0) is 55.0 Å². The second-order valence-corrected chi connectivity index (χ2v) is 6.03. The van der Waals surface area contributed by atoms with Crippen molar-refractivity contribution in [1.29, 1.82) is 5.26 Å². The normalized spacial score (nSPS) is 10.9. The van der Waals surface area contributed by atoms with Gasteiger partial charge in [-0.2, -0.15) is 5.26 Å². The highest BCUT2D eigenvalue weighted by atomic mass is 35.5. The number of nitrogens with zero attached hydrogens (tertiary/aromatic N) is 3. The van der Waals surface area contributed by atoms with Crippen LogP contribution in [0, 0.1) is 18.3 Å². The van der Waals surface area contributed by atoms with Crippen LogP contribution in [0.5, 0.6) is 0 Å². The molecule has 0 saturated heterocycles. The predicted molar refractivity (Wildman–Crippen MR) is 96.9 cm³/mol. The monoisotopic (exact) mass is 332 g/mol. The van der Waals surface area contributed by atoms with Crippen LogP contribution in [0.15, 0.2) is 54.6 Å². The van der Waals surface area contributed by atoms with Crippen molar-refractivity contribution in [2.45, 2.75) is 6.92 Å². The Kier molecular flexibility index (Phi) is 3.37. The molecule has 2 aromatic heterocycles. The van der Waals surface area contributed by atoms with E-state index in [1.54, 1.807) is 0 Å². The van der Waals surface area contributed by atoms with E-state index in [1.165, 1.54) is 0 Å². The molecule has 2 aromatic carbocycles. The number of nitrogens with one attached hydrogen (secondary N) is 1. The van der Waals surface area contributed by atoms with Crippen molar-refractivity contribution in [1.82, 2.24) is 9.38 Å². The van der Waals surface area contributed by atoms with Gasteiger partial charge in [0.05, 0.1) is 16.6 Å². The average molecular weight is 333 g/mol. The zero-order chi connectivity index (χ0) is 16.7. The number of hydrogen-bond donors (Lipinski definition) is 1. The van der Waals surface area contributed by atoms with Crippen molar-refractivity contribution in [3.63, 3.8) is 0 Å². The quantitative estimate of drug-likeness (QED) is 0.558. The maximum atomic E-state index is 9.51. The van der Waals surface area contributed by atoms with Crippen molar-refractivity contribution in [2.24, 2.45) is 0 Å². The minimum atomic E-state index is 0.591. The Bertz CT molecular complexity index is 1100. The Hall–Kier alpha value is -3.03. The van der Waals surface area contributed by atoms with E-state index in [0.717, 1.165) is 28.1 Å². The average Bonchev–Trinajstić information content (AvgIpc) is 2.96. The number of fused-ring (bicyclic) bond motifs is 3. The van der Waals surface area contributed by atoms with Gasteiger partial charge in [-0.25, -0.2) is 4.98 Å². The topological polar surface area (TPSA) is 53.1 Å². The molecular formula is C19H13ClN4. The molecule has 0 bridgehead atoms. The summed E-state index contributed by atoms with van der Waals surface area (Å²) in [5.41, 5.74) is 4.88.